The van der Waals surface area contributed by atoms with Gasteiger partial charge in [0.2, 0.25) is 0 Å². The van der Waals surface area contributed by atoms with Crippen molar-refractivity contribution in [2.75, 3.05) is 26.4 Å². The molecular formula is C20H42NO7P. The Morgan fingerprint density at radius 2 is 1.62 bits per heavy atom. The fourth-order valence-corrected chi connectivity index (χ4v) is 3.51. The molecule has 0 aromatic carbocycles. The van der Waals surface area contributed by atoms with E-state index in [0.717, 1.165) is 25.2 Å². The van der Waals surface area contributed by atoms with E-state index in [1.165, 1.54) is 44.9 Å². The van der Waals surface area contributed by atoms with Gasteiger partial charge in [0.15, 0.2) is 0 Å². The van der Waals surface area contributed by atoms with Crippen LogP contribution >= 0.6 is 7.82 Å². The lowest BCUT2D eigenvalue weighted by Crippen LogP contribution is -2.52. The standard InChI is InChI=1S/C20H42NO7P/c1-3-18(2)12-10-8-6-4-5-7-9-11-13-20(23)26-16-19(22)17-28-29(24,25)27-15-14-21/h18-19,22H,3-17,21H2,1-2H3,(H,24,25)/t18-,19-/m0/s1. The third-order valence-corrected chi connectivity index (χ3v) is 5.74. The van der Waals surface area contributed by atoms with Crippen LogP contribution in [-0.4, -0.2) is 43.5 Å². The van der Waals surface area contributed by atoms with Crippen LogP contribution in [0.15, 0.2) is 0 Å². The minimum Gasteiger partial charge on any atom is -0.756 e. The van der Waals surface area contributed by atoms with Gasteiger partial charge in [-0.3, -0.25) is 9.36 Å². The first kappa shape index (κ1) is 28.5. The van der Waals surface area contributed by atoms with Gasteiger partial charge in [0.05, 0.1) is 13.2 Å². The van der Waals surface area contributed by atoms with Gasteiger partial charge in [0.1, 0.15) is 19.3 Å². The Labute approximate surface area is 176 Å². The number of phosphoric ester groups is 1. The van der Waals surface area contributed by atoms with Crippen molar-refractivity contribution < 1.29 is 38.9 Å². The lowest BCUT2D eigenvalue weighted by Gasteiger charge is -2.23. The van der Waals surface area contributed by atoms with E-state index in [1.54, 1.807) is 0 Å². The van der Waals surface area contributed by atoms with Crippen molar-refractivity contribution in [2.45, 2.75) is 90.6 Å². The van der Waals surface area contributed by atoms with Gasteiger partial charge < -0.3 is 29.5 Å². The van der Waals surface area contributed by atoms with Crippen LogP contribution in [0.4, 0.5) is 0 Å². The fourth-order valence-electron chi connectivity index (χ4n) is 2.73. The van der Waals surface area contributed by atoms with E-state index in [-0.39, 0.29) is 19.8 Å². The quantitative estimate of drug-likeness (QED) is 0.169. The first-order valence-corrected chi connectivity index (χ1v) is 12.5. The number of hydrogen-bond acceptors (Lipinski definition) is 7. The van der Waals surface area contributed by atoms with Crippen molar-refractivity contribution in [1.82, 2.24) is 0 Å². The molecule has 0 rings (SSSR count). The maximum atomic E-state index is 11.7. The maximum absolute atomic E-state index is 11.7. The number of unbranched alkanes of at least 4 members (excludes halogenated alkanes) is 7. The van der Waals surface area contributed by atoms with Gasteiger partial charge in [0.25, 0.3) is 7.82 Å². The molecule has 0 aliphatic carbocycles. The van der Waals surface area contributed by atoms with Crippen molar-refractivity contribution in [1.29, 1.82) is 0 Å². The number of quaternary nitrogens is 1. The number of hydrogen-bond donors (Lipinski definition) is 2. The topological polar surface area (TPSA) is 133 Å². The van der Waals surface area contributed by atoms with Gasteiger partial charge in [-0.25, -0.2) is 0 Å². The summed E-state index contributed by atoms with van der Waals surface area (Å²) in [7, 11) is -4.44. The van der Waals surface area contributed by atoms with Crippen LogP contribution in [0.3, 0.4) is 0 Å². The van der Waals surface area contributed by atoms with Gasteiger partial charge in [-0.05, 0) is 12.3 Å². The van der Waals surface area contributed by atoms with E-state index in [0.29, 0.717) is 6.42 Å². The lowest BCUT2D eigenvalue weighted by molar-refractivity contribution is -0.373. The minimum absolute atomic E-state index is 0.0793. The van der Waals surface area contributed by atoms with Crippen LogP contribution in [0.2, 0.25) is 0 Å². The fraction of sp³-hybridized carbons (Fsp3) is 0.950. The first-order valence-electron chi connectivity index (χ1n) is 11.0. The number of rotatable bonds is 20. The Hall–Kier alpha value is -0.500. The minimum atomic E-state index is -4.44. The molecule has 0 aromatic rings. The summed E-state index contributed by atoms with van der Waals surface area (Å²) < 4.78 is 25.2. The van der Waals surface area contributed by atoms with Crippen LogP contribution in [0.5, 0.6) is 0 Å². The number of aliphatic hydroxyl groups excluding tert-OH is 1. The highest BCUT2D eigenvalue weighted by molar-refractivity contribution is 7.45. The highest BCUT2D eigenvalue weighted by atomic mass is 31.2. The van der Waals surface area contributed by atoms with E-state index in [1.807, 2.05) is 0 Å². The Kier molecular flexibility index (Phi) is 18.0. The summed E-state index contributed by atoms with van der Waals surface area (Å²) in [5.74, 6) is 0.446. The Morgan fingerprint density at radius 3 is 2.21 bits per heavy atom. The first-order chi connectivity index (χ1) is 13.8. The van der Waals surface area contributed by atoms with Crippen molar-refractivity contribution in [3.05, 3.63) is 0 Å². The molecule has 1 unspecified atom stereocenters. The number of esters is 1. The van der Waals surface area contributed by atoms with Crippen LogP contribution in [0, 0.1) is 5.92 Å². The number of phosphoric acid groups is 1. The van der Waals surface area contributed by atoms with Crippen molar-refractivity contribution >= 4 is 13.8 Å². The van der Waals surface area contributed by atoms with Crippen molar-refractivity contribution in [2.24, 2.45) is 5.92 Å². The zero-order chi connectivity index (χ0) is 22.0. The molecule has 174 valence electrons. The monoisotopic (exact) mass is 439 g/mol. The molecule has 0 aromatic heterocycles. The molecule has 0 spiro atoms. The SMILES string of the molecule is CC[C@H](C)CCCCCCCCCCC(=O)OC[C@H](O)COP(=O)([O-])OCC[NH3+]. The van der Waals surface area contributed by atoms with Crippen molar-refractivity contribution in [3.8, 4) is 0 Å². The largest absolute Gasteiger partial charge is 0.756 e. The molecule has 0 aliphatic rings. The molecule has 0 amide bonds. The molecule has 9 heteroatoms. The summed E-state index contributed by atoms with van der Waals surface area (Å²) in [6.45, 7) is 3.95. The Bertz CT molecular complexity index is 451. The van der Waals surface area contributed by atoms with E-state index < -0.39 is 26.5 Å². The normalized spacial score (nSPS) is 15.6. The van der Waals surface area contributed by atoms with Gasteiger partial charge in [-0.2, -0.15) is 0 Å². The van der Waals surface area contributed by atoms with E-state index in [4.69, 9.17) is 4.74 Å². The third-order valence-electron chi connectivity index (χ3n) is 4.78. The molecule has 29 heavy (non-hydrogen) atoms. The summed E-state index contributed by atoms with van der Waals surface area (Å²) in [6.07, 6.45) is 10.9. The average Bonchev–Trinajstić information content (AvgIpc) is 2.70. The Balaban J connectivity index is 3.52. The predicted molar refractivity (Wildman–Crippen MR) is 110 cm³/mol. The number of carbonyl (C=O) groups excluding carboxylic acids is 1. The zero-order valence-electron chi connectivity index (χ0n) is 18.3. The third kappa shape index (κ3) is 19.2. The lowest BCUT2D eigenvalue weighted by atomic mass is 9.99. The van der Waals surface area contributed by atoms with Crippen LogP contribution < -0.4 is 10.6 Å². The summed E-state index contributed by atoms with van der Waals surface area (Å²) in [5, 5.41) is 9.63. The molecule has 0 saturated carbocycles. The molecule has 0 heterocycles. The van der Waals surface area contributed by atoms with Gasteiger partial charge in [-0.1, -0.05) is 71.6 Å². The highest BCUT2D eigenvalue weighted by Crippen LogP contribution is 2.37. The second-order valence-corrected chi connectivity index (χ2v) is 9.06. The zero-order valence-corrected chi connectivity index (χ0v) is 19.2. The Morgan fingerprint density at radius 1 is 1.03 bits per heavy atom. The molecule has 0 saturated heterocycles. The molecule has 0 fully saturated rings. The van der Waals surface area contributed by atoms with Crippen LogP contribution in [0.25, 0.3) is 0 Å². The second kappa shape index (κ2) is 18.3. The summed E-state index contributed by atoms with van der Waals surface area (Å²) in [6, 6.07) is 0. The molecule has 0 aliphatic heterocycles. The van der Waals surface area contributed by atoms with E-state index in [2.05, 4.69) is 28.6 Å². The highest BCUT2D eigenvalue weighted by Gasteiger charge is 2.15. The molecule has 0 bridgehead atoms. The van der Waals surface area contributed by atoms with E-state index in [9.17, 15) is 19.4 Å². The van der Waals surface area contributed by atoms with Gasteiger partial charge in [-0.15, -0.1) is 0 Å². The smallest absolute Gasteiger partial charge is 0.305 e. The summed E-state index contributed by atoms with van der Waals surface area (Å²) >= 11 is 0. The summed E-state index contributed by atoms with van der Waals surface area (Å²) in [4.78, 5) is 23.0. The van der Waals surface area contributed by atoms with Gasteiger partial charge >= 0.3 is 5.97 Å². The van der Waals surface area contributed by atoms with Gasteiger partial charge in [0, 0.05) is 6.42 Å². The molecule has 4 N–H and O–H groups in total. The molecule has 3 atom stereocenters. The second-order valence-electron chi connectivity index (χ2n) is 7.65. The van der Waals surface area contributed by atoms with Crippen LogP contribution in [-0.2, 0) is 23.1 Å². The number of aliphatic hydroxyl groups is 1. The van der Waals surface area contributed by atoms with E-state index >= 15 is 0 Å². The predicted octanol–water partition coefficient (Wildman–Crippen LogP) is 2.58. The van der Waals surface area contributed by atoms with Crippen molar-refractivity contribution in [3.63, 3.8) is 0 Å². The van der Waals surface area contributed by atoms with Crippen LogP contribution in [0.1, 0.15) is 84.5 Å². The summed E-state index contributed by atoms with van der Waals surface area (Å²) in [5.41, 5.74) is 3.45. The number of ether oxygens (including phenoxy) is 1. The molecule has 0 radical (unpaired) electrons. The average molecular weight is 440 g/mol. The maximum Gasteiger partial charge on any atom is 0.305 e. The number of carbonyl (C=O) groups is 1. The molecule has 8 nitrogen and oxygen atoms in total. The molecular weight excluding hydrogens is 397 g/mol.